The fraction of sp³-hybridized carbons (Fsp3) is 0.294. The minimum absolute atomic E-state index is 0.259. The number of benzene rings is 1. The third-order valence-electron chi connectivity index (χ3n) is 4.30. The average Bonchev–Trinajstić information content (AvgIpc) is 3.25. The number of nitrogens with zero attached hydrogens (tertiary/aromatic N) is 4. The number of thiazole rings is 1. The Labute approximate surface area is 139 Å². The van der Waals surface area contributed by atoms with E-state index in [2.05, 4.69) is 37.8 Å². The molecule has 0 N–H and O–H groups in total. The molecule has 6 heteroatoms. The van der Waals surface area contributed by atoms with Gasteiger partial charge >= 0.3 is 0 Å². The smallest absolute Gasteiger partial charge is 0.123 e. The molecule has 0 saturated carbocycles. The molecule has 0 aliphatic carbocycles. The van der Waals surface area contributed by atoms with Crippen molar-refractivity contribution in [1.29, 1.82) is 0 Å². The fourth-order valence-electron chi connectivity index (χ4n) is 3.17. The van der Waals surface area contributed by atoms with Crippen molar-refractivity contribution in [3.05, 3.63) is 64.6 Å². The van der Waals surface area contributed by atoms with Crippen molar-refractivity contribution in [1.82, 2.24) is 19.4 Å². The Morgan fingerprint density at radius 1 is 1.35 bits per heavy atom. The Balaban J connectivity index is 1.71. The highest BCUT2D eigenvalue weighted by atomic mass is 32.1. The number of rotatable bonds is 4. The zero-order valence-electron chi connectivity index (χ0n) is 12.9. The number of hydrogen-bond acceptors (Lipinski definition) is 5. The van der Waals surface area contributed by atoms with E-state index in [1.54, 1.807) is 18.4 Å². The molecule has 1 aliphatic heterocycles. The molecule has 2 aromatic heterocycles. The summed E-state index contributed by atoms with van der Waals surface area (Å²) in [5.74, 6) is 2.05. The highest BCUT2D eigenvalue weighted by Gasteiger charge is 2.30. The average molecular weight is 326 g/mol. The third-order valence-corrected chi connectivity index (χ3v) is 5.06. The van der Waals surface area contributed by atoms with Crippen LogP contribution < -0.4 is 4.74 Å². The molecule has 0 spiro atoms. The fourth-order valence-corrected chi connectivity index (χ4v) is 3.79. The second kappa shape index (κ2) is 6.14. The Bertz CT molecular complexity index is 784. The Kier molecular flexibility index (Phi) is 3.85. The third kappa shape index (κ3) is 2.75. The van der Waals surface area contributed by atoms with E-state index in [1.807, 2.05) is 30.0 Å². The summed E-state index contributed by atoms with van der Waals surface area (Å²) in [7, 11) is 1.73. The highest BCUT2D eigenvalue weighted by Crippen LogP contribution is 2.35. The van der Waals surface area contributed by atoms with Crippen LogP contribution in [0.15, 0.2) is 48.4 Å². The van der Waals surface area contributed by atoms with Gasteiger partial charge in [-0.1, -0.05) is 18.2 Å². The largest absolute Gasteiger partial charge is 0.496 e. The zero-order chi connectivity index (χ0) is 15.6. The SMILES string of the molecule is COc1ccccc1[C@@H]1Cn2ccnc2CN1Cc1cncs1. The van der Waals surface area contributed by atoms with Crippen molar-refractivity contribution >= 4 is 11.3 Å². The topological polar surface area (TPSA) is 43.2 Å². The van der Waals surface area contributed by atoms with Crippen LogP contribution in [-0.2, 0) is 19.6 Å². The van der Waals surface area contributed by atoms with Crippen LogP contribution in [0.5, 0.6) is 5.75 Å². The summed E-state index contributed by atoms with van der Waals surface area (Å²) in [6.45, 7) is 2.59. The van der Waals surface area contributed by atoms with Crippen molar-refractivity contribution in [2.75, 3.05) is 7.11 Å². The highest BCUT2D eigenvalue weighted by molar-refractivity contribution is 7.09. The maximum Gasteiger partial charge on any atom is 0.123 e. The molecule has 1 aromatic carbocycles. The minimum atomic E-state index is 0.259. The molecule has 3 heterocycles. The van der Waals surface area contributed by atoms with E-state index in [-0.39, 0.29) is 6.04 Å². The van der Waals surface area contributed by atoms with Gasteiger partial charge in [-0.2, -0.15) is 0 Å². The number of ether oxygens (including phenoxy) is 1. The molecule has 1 atom stereocenters. The molecule has 1 aliphatic rings. The number of methoxy groups -OCH3 is 1. The maximum absolute atomic E-state index is 5.59. The molecule has 0 saturated heterocycles. The normalized spacial score (nSPS) is 17.9. The predicted octanol–water partition coefficient (Wildman–Crippen LogP) is 3.11. The molecule has 0 fully saturated rings. The summed E-state index contributed by atoms with van der Waals surface area (Å²) in [4.78, 5) is 12.4. The van der Waals surface area contributed by atoms with Crippen molar-refractivity contribution < 1.29 is 4.74 Å². The number of imidazole rings is 1. The maximum atomic E-state index is 5.59. The molecule has 3 aromatic rings. The quantitative estimate of drug-likeness (QED) is 0.739. The van der Waals surface area contributed by atoms with Crippen LogP contribution in [0, 0.1) is 0 Å². The van der Waals surface area contributed by atoms with E-state index in [1.165, 1.54) is 10.4 Å². The van der Waals surface area contributed by atoms with E-state index in [0.717, 1.165) is 31.2 Å². The van der Waals surface area contributed by atoms with Gasteiger partial charge in [-0.15, -0.1) is 11.3 Å². The zero-order valence-corrected chi connectivity index (χ0v) is 13.7. The molecular formula is C17H18N4OS. The van der Waals surface area contributed by atoms with Gasteiger partial charge in [-0.25, -0.2) is 4.98 Å². The second-order valence-corrected chi connectivity index (χ2v) is 6.60. The Morgan fingerprint density at radius 3 is 3.09 bits per heavy atom. The van der Waals surface area contributed by atoms with Crippen LogP contribution in [0.2, 0.25) is 0 Å². The van der Waals surface area contributed by atoms with Gasteiger partial charge in [0.25, 0.3) is 0 Å². The van der Waals surface area contributed by atoms with Crippen LogP contribution in [0.4, 0.5) is 0 Å². The van der Waals surface area contributed by atoms with E-state index in [4.69, 9.17) is 4.74 Å². The van der Waals surface area contributed by atoms with Gasteiger partial charge in [-0.05, 0) is 6.07 Å². The number of aromatic nitrogens is 3. The van der Waals surface area contributed by atoms with Crippen LogP contribution in [-0.4, -0.2) is 26.5 Å². The molecule has 0 amide bonds. The van der Waals surface area contributed by atoms with Gasteiger partial charge in [0, 0.05) is 42.1 Å². The van der Waals surface area contributed by atoms with Crippen molar-refractivity contribution in [3.8, 4) is 5.75 Å². The molecule has 23 heavy (non-hydrogen) atoms. The minimum Gasteiger partial charge on any atom is -0.496 e. The van der Waals surface area contributed by atoms with Gasteiger partial charge < -0.3 is 9.30 Å². The van der Waals surface area contributed by atoms with Gasteiger partial charge in [0.15, 0.2) is 0 Å². The van der Waals surface area contributed by atoms with Crippen LogP contribution >= 0.6 is 11.3 Å². The summed E-state index contributed by atoms with van der Waals surface area (Å²) in [6, 6.07) is 8.54. The summed E-state index contributed by atoms with van der Waals surface area (Å²) in [5, 5.41) is 0. The molecule has 0 unspecified atom stereocenters. The van der Waals surface area contributed by atoms with Crippen molar-refractivity contribution in [2.45, 2.75) is 25.7 Å². The van der Waals surface area contributed by atoms with Crippen LogP contribution in [0.3, 0.4) is 0 Å². The molecule has 5 nitrogen and oxygen atoms in total. The van der Waals surface area contributed by atoms with Crippen LogP contribution in [0.1, 0.15) is 22.3 Å². The number of hydrogen-bond donors (Lipinski definition) is 0. The summed E-state index contributed by atoms with van der Waals surface area (Å²) in [5.41, 5.74) is 3.11. The first-order valence-corrected chi connectivity index (χ1v) is 8.47. The van der Waals surface area contributed by atoms with Gasteiger partial charge in [0.05, 0.1) is 25.2 Å². The van der Waals surface area contributed by atoms with E-state index in [0.29, 0.717) is 0 Å². The monoisotopic (exact) mass is 326 g/mol. The summed E-state index contributed by atoms with van der Waals surface area (Å²) in [6.07, 6.45) is 5.89. The summed E-state index contributed by atoms with van der Waals surface area (Å²) >= 11 is 1.70. The van der Waals surface area contributed by atoms with Crippen molar-refractivity contribution in [2.24, 2.45) is 0 Å². The number of para-hydroxylation sites is 1. The van der Waals surface area contributed by atoms with Gasteiger partial charge in [-0.3, -0.25) is 9.88 Å². The lowest BCUT2D eigenvalue weighted by molar-refractivity contribution is 0.127. The Hall–Kier alpha value is -2.18. The number of fused-ring (bicyclic) bond motifs is 1. The van der Waals surface area contributed by atoms with E-state index < -0.39 is 0 Å². The molecular weight excluding hydrogens is 308 g/mol. The predicted molar refractivity (Wildman–Crippen MR) is 89.3 cm³/mol. The molecule has 4 rings (SSSR count). The standard InChI is InChI=1S/C17H18N4OS/c1-22-16-5-3-2-4-14(16)15-10-20-7-6-19-17(20)11-21(15)9-13-8-18-12-23-13/h2-8,12,15H,9-11H2,1H3/t15-/m0/s1. The van der Waals surface area contributed by atoms with Crippen molar-refractivity contribution in [3.63, 3.8) is 0 Å². The van der Waals surface area contributed by atoms with Gasteiger partial charge in [0.1, 0.15) is 11.6 Å². The van der Waals surface area contributed by atoms with Crippen LogP contribution in [0.25, 0.3) is 0 Å². The molecule has 0 bridgehead atoms. The first-order valence-electron chi connectivity index (χ1n) is 7.59. The van der Waals surface area contributed by atoms with E-state index in [9.17, 15) is 0 Å². The second-order valence-electron chi connectivity index (χ2n) is 5.63. The first kappa shape index (κ1) is 14.4. The van der Waals surface area contributed by atoms with E-state index >= 15 is 0 Å². The lowest BCUT2D eigenvalue weighted by atomic mass is 10.0. The van der Waals surface area contributed by atoms with Gasteiger partial charge in [0.2, 0.25) is 0 Å². The molecule has 0 radical (unpaired) electrons. The Morgan fingerprint density at radius 2 is 2.26 bits per heavy atom. The first-order chi connectivity index (χ1) is 11.3. The lowest BCUT2D eigenvalue weighted by Crippen LogP contribution is -2.36. The summed E-state index contributed by atoms with van der Waals surface area (Å²) < 4.78 is 7.83. The lowest BCUT2D eigenvalue weighted by Gasteiger charge is -2.36. The molecule has 118 valence electrons.